The van der Waals surface area contributed by atoms with Gasteiger partial charge in [0.05, 0.1) is 6.04 Å². The number of nitrogens with one attached hydrogen (secondary N) is 2. The van der Waals surface area contributed by atoms with Gasteiger partial charge in [-0.1, -0.05) is 45.7 Å². The van der Waals surface area contributed by atoms with Crippen LogP contribution in [0.25, 0.3) is 0 Å². The molecule has 3 N–H and O–H groups in total. The fourth-order valence-electron chi connectivity index (χ4n) is 3.39. The summed E-state index contributed by atoms with van der Waals surface area (Å²) in [6.07, 6.45) is 5.36. The molecule has 0 saturated heterocycles. The quantitative estimate of drug-likeness (QED) is 0.569. The molecule has 5 nitrogen and oxygen atoms in total. The molecule has 0 heterocycles. The molecule has 1 aliphatic rings. The molecule has 1 fully saturated rings. The summed E-state index contributed by atoms with van der Waals surface area (Å²) < 4.78 is 0. The van der Waals surface area contributed by atoms with Crippen LogP contribution in [-0.2, 0) is 4.79 Å². The van der Waals surface area contributed by atoms with Crippen LogP contribution in [0.4, 0.5) is 0 Å². The average Bonchev–Trinajstić information content (AvgIpc) is 3.04. The molecule has 0 bridgehead atoms. The van der Waals surface area contributed by atoms with E-state index in [-0.39, 0.29) is 17.4 Å². The Labute approximate surface area is 143 Å². The molecule has 0 aromatic heterocycles. The van der Waals surface area contributed by atoms with Gasteiger partial charge in [0.15, 0.2) is 0 Å². The van der Waals surface area contributed by atoms with Crippen LogP contribution in [0.15, 0.2) is 24.3 Å². The van der Waals surface area contributed by atoms with Crippen molar-refractivity contribution < 1.29 is 14.8 Å². The molecule has 1 saturated carbocycles. The Balaban J connectivity index is 2.10. The average molecular weight is 332 g/mol. The Morgan fingerprint density at radius 1 is 1.17 bits per heavy atom. The highest BCUT2D eigenvalue weighted by Crippen LogP contribution is 2.34. The molecule has 1 unspecified atom stereocenters. The zero-order valence-corrected chi connectivity index (χ0v) is 14.8. The largest absolute Gasteiger partial charge is 0.349 e. The van der Waals surface area contributed by atoms with E-state index in [0.717, 1.165) is 18.4 Å². The summed E-state index contributed by atoms with van der Waals surface area (Å²) in [4.78, 5) is 23.9. The predicted molar refractivity (Wildman–Crippen MR) is 92.6 cm³/mol. The smallest absolute Gasteiger partial charge is 0.274 e. The Morgan fingerprint density at radius 2 is 1.75 bits per heavy atom. The van der Waals surface area contributed by atoms with E-state index in [1.165, 1.54) is 12.8 Å². The molecule has 132 valence electrons. The Hall–Kier alpha value is -1.88. The van der Waals surface area contributed by atoms with Crippen molar-refractivity contribution in [1.29, 1.82) is 0 Å². The minimum atomic E-state index is -0.542. The van der Waals surface area contributed by atoms with Gasteiger partial charge in [0.1, 0.15) is 0 Å². The van der Waals surface area contributed by atoms with Crippen LogP contribution >= 0.6 is 0 Å². The third-order valence-corrected chi connectivity index (χ3v) is 4.73. The van der Waals surface area contributed by atoms with Gasteiger partial charge in [0.25, 0.3) is 5.91 Å². The van der Waals surface area contributed by atoms with Crippen molar-refractivity contribution in [2.24, 2.45) is 11.3 Å². The van der Waals surface area contributed by atoms with E-state index in [0.29, 0.717) is 17.9 Å². The summed E-state index contributed by atoms with van der Waals surface area (Å²) in [6, 6.07) is 6.84. The summed E-state index contributed by atoms with van der Waals surface area (Å²) in [5, 5.41) is 11.9. The van der Waals surface area contributed by atoms with Gasteiger partial charge in [-0.25, -0.2) is 5.48 Å². The zero-order chi connectivity index (χ0) is 17.7. The van der Waals surface area contributed by atoms with Crippen molar-refractivity contribution in [3.63, 3.8) is 0 Å². The Morgan fingerprint density at radius 3 is 2.25 bits per heavy atom. The second kappa shape index (κ2) is 7.79. The van der Waals surface area contributed by atoms with E-state index in [9.17, 15) is 9.59 Å². The van der Waals surface area contributed by atoms with Gasteiger partial charge in [-0.15, -0.1) is 0 Å². The van der Waals surface area contributed by atoms with Crippen molar-refractivity contribution >= 4 is 11.8 Å². The number of rotatable bonds is 5. The molecule has 0 spiro atoms. The van der Waals surface area contributed by atoms with Crippen molar-refractivity contribution in [2.75, 3.05) is 0 Å². The topological polar surface area (TPSA) is 78.4 Å². The van der Waals surface area contributed by atoms with Crippen molar-refractivity contribution in [3.8, 4) is 0 Å². The Kier molecular flexibility index (Phi) is 5.99. The summed E-state index contributed by atoms with van der Waals surface area (Å²) in [5.74, 6) is 0.0689. The van der Waals surface area contributed by atoms with E-state index in [2.05, 4.69) is 26.1 Å². The standard InChI is InChI=1S/C19H28N2O3/c1-19(2,3)17(20-16(22)12-13-6-4-5-7-13)14-8-10-15(11-9-14)18(23)21-24/h8-11,13,17,24H,4-7,12H2,1-3H3,(H,20,22)(H,21,23). The molecule has 2 rings (SSSR count). The third-order valence-electron chi connectivity index (χ3n) is 4.73. The molecule has 1 aliphatic carbocycles. The fourth-order valence-corrected chi connectivity index (χ4v) is 3.39. The van der Waals surface area contributed by atoms with Gasteiger partial charge in [-0.2, -0.15) is 0 Å². The summed E-state index contributed by atoms with van der Waals surface area (Å²) in [5.41, 5.74) is 2.81. The number of carbonyl (C=O) groups excluding carboxylic acids is 2. The third kappa shape index (κ3) is 4.81. The molecule has 1 aromatic carbocycles. The van der Waals surface area contributed by atoms with Crippen LogP contribution in [-0.4, -0.2) is 17.0 Å². The van der Waals surface area contributed by atoms with E-state index in [4.69, 9.17) is 5.21 Å². The molecular weight excluding hydrogens is 304 g/mol. The monoisotopic (exact) mass is 332 g/mol. The van der Waals surface area contributed by atoms with E-state index in [1.54, 1.807) is 17.6 Å². The molecule has 0 aliphatic heterocycles. The molecular formula is C19H28N2O3. The number of hydrogen-bond donors (Lipinski definition) is 3. The molecule has 2 amide bonds. The maximum atomic E-state index is 12.4. The van der Waals surface area contributed by atoms with Gasteiger partial charge < -0.3 is 5.32 Å². The molecule has 24 heavy (non-hydrogen) atoms. The second-order valence-corrected chi connectivity index (χ2v) is 7.78. The minimum absolute atomic E-state index is 0.0963. The lowest BCUT2D eigenvalue weighted by Crippen LogP contribution is -2.37. The predicted octanol–water partition coefficient (Wildman–Crippen LogP) is 3.59. The van der Waals surface area contributed by atoms with Gasteiger partial charge >= 0.3 is 0 Å². The number of hydrogen-bond acceptors (Lipinski definition) is 3. The van der Waals surface area contributed by atoms with Crippen molar-refractivity contribution in [1.82, 2.24) is 10.8 Å². The molecule has 1 atom stereocenters. The number of amides is 2. The molecule has 1 aromatic rings. The van der Waals surface area contributed by atoms with Crippen LogP contribution in [0.1, 0.15) is 74.8 Å². The SMILES string of the molecule is CC(C)(C)C(NC(=O)CC1CCCC1)c1ccc(C(=O)NO)cc1. The maximum absolute atomic E-state index is 12.4. The van der Waals surface area contributed by atoms with Crippen LogP contribution < -0.4 is 10.8 Å². The first-order chi connectivity index (χ1) is 11.3. The highest BCUT2D eigenvalue weighted by molar-refractivity contribution is 5.93. The summed E-state index contributed by atoms with van der Waals surface area (Å²) >= 11 is 0. The van der Waals surface area contributed by atoms with Gasteiger partial charge in [-0.3, -0.25) is 14.8 Å². The second-order valence-electron chi connectivity index (χ2n) is 7.78. The number of hydroxylamine groups is 1. The first-order valence-corrected chi connectivity index (χ1v) is 8.65. The first kappa shape index (κ1) is 18.5. The number of benzene rings is 1. The van der Waals surface area contributed by atoms with Crippen molar-refractivity contribution in [3.05, 3.63) is 35.4 Å². The molecule has 0 radical (unpaired) electrons. The summed E-state index contributed by atoms with van der Waals surface area (Å²) in [7, 11) is 0. The van der Waals surface area contributed by atoms with E-state index in [1.807, 2.05) is 12.1 Å². The highest BCUT2D eigenvalue weighted by Gasteiger charge is 2.29. The lowest BCUT2D eigenvalue weighted by Gasteiger charge is -2.32. The number of carbonyl (C=O) groups is 2. The van der Waals surface area contributed by atoms with Crippen molar-refractivity contribution in [2.45, 2.75) is 58.9 Å². The lowest BCUT2D eigenvalue weighted by molar-refractivity contribution is -0.123. The Bertz CT molecular complexity index is 569. The van der Waals surface area contributed by atoms with Crippen LogP contribution in [0.3, 0.4) is 0 Å². The van der Waals surface area contributed by atoms with Gasteiger partial charge in [0, 0.05) is 12.0 Å². The highest BCUT2D eigenvalue weighted by atomic mass is 16.5. The molecule has 5 heteroatoms. The maximum Gasteiger partial charge on any atom is 0.274 e. The fraction of sp³-hybridized carbons (Fsp3) is 0.579. The summed E-state index contributed by atoms with van der Waals surface area (Å²) in [6.45, 7) is 6.26. The van der Waals surface area contributed by atoms with Crippen LogP contribution in [0, 0.1) is 11.3 Å². The normalized spacial score (nSPS) is 16.7. The zero-order valence-electron chi connectivity index (χ0n) is 14.8. The van der Waals surface area contributed by atoms with Gasteiger partial charge in [0.2, 0.25) is 5.91 Å². The van der Waals surface area contributed by atoms with Gasteiger partial charge in [-0.05, 0) is 41.9 Å². The van der Waals surface area contributed by atoms with E-state index >= 15 is 0 Å². The first-order valence-electron chi connectivity index (χ1n) is 8.65. The van der Waals surface area contributed by atoms with Crippen LogP contribution in [0.5, 0.6) is 0 Å². The minimum Gasteiger partial charge on any atom is -0.349 e. The van der Waals surface area contributed by atoms with E-state index < -0.39 is 5.91 Å². The lowest BCUT2D eigenvalue weighted by atomic mass is 9.82. The van der Waals surface area contributed by atoms with Crippen LogP contribution in [0.2, 0.25) is 0 Å².